The summed E-state index contributed by atoms with van der Waals surface area (Å²) in [7, 11) is 0. The number of nitrogens with one attached hydrogen (secondary N) is 2. The molecule has 0 atom stereocenters. The topological polar surface area (TPSA) is 80.3 Å². The van der Waals surface area contributed by atoms with Crippen molar-refractivity contribution in [3.8, 4) is 11.3 Å². The number of nitro groups is 1. The van der Waals surface area contributed by atoms with Crippen LogP contribution in [0.1, 0.15) is 5.76 Å². The lowest BCUT2D eigenvalue weighted by Crippen LogP contribution is -2.21. The first-order valence-corrected chi connectivity index (χ1v) is 9.43. The van der Waals surface area contributed by atoms with E-state index in [0.717, 1.165) is 21.6 Å². The quantitative estimate of drug-likeness (QED) is 0.235. The van der Waals surface area contributed by atoms with Crippen LogP contribution < -0.4 is 10.6 Å². The number of furan rings is 1. The first-order chi connectivity index (χ1) is 13.0. The summed E-state index contributed by atoms with van der Waals surface area (Å²) in [5, 5.41) is 17.5. The highest BCUT2D eigenvalue weighted by atomic mass is 79.9. The van der Waals surface area contributed by atoms with Crippen LogP contribution in [-0.2, 0) is 6.54 Å². The van der Waals surface area contributed by atoms with E-state index in [0.29, 0.717) is 30.3 Å². The second-order valence-electron chi connectivity index (χ2n) is 5.80. The SMILES string of the molecule is Cl.O=[N+]([O-])c1ccc(NCCNCc2ccc(-c3ccc(Br)cc3)o2)c(Cl)c1. The van der Waals surface area contributed by atoms with Crippen molar-refractivity contribution in [2.45, 2.75) is 6.54 Å². The molecule has 1 heterocycles. The summed E-state index contributed by atoms with van der Waals surface area (Å²) in [5.74, 6) is 1.68. The predicted molar refractivity (Wildman–Crippen MR) is 117 cm³/mol. The van der Waals surface area contributed by atoms with E-state index >= 15 is 0 Å². The summed E-state index contributed by atoms with van der Waals surface area (Å²) in [6, 6.07) is 16.2. The third kappa shape index (κ3) is 5.97. The molecule has 2 aromatic carbocycles. The fourth-order valence-electron chi connectivity index (χ4n) is 2.50. The molecule has 0 aliphatic rings. The molecule has 0 spiro atoms. The van der Waals surface area contributed by atoms with Gasteiger partial charge in [0.15, 0.2) is 0 Å². The molecular formula is C19H18BrCl2N3O3. The molecule has 0 aliphatic heterocycles. The molecule has 0 unspecified atom stereocenters. The summed E-state index contributed by atoms with van der Waals surface area (Å²) < 4.78 is 6.87. The third-order valence-electron chi connectivity index (χ3n) is 3.87. The number of hydrogen-bond acceptors (Lipinski definition) is 5. The molecule has 148 valence electrons. The Balaban J connectivity index is 0.00000280. The van der Waals surface area contributed by atoms with Gasteiger partial charge in [0, 0.05) is 35.3 Å². The Morgan fingerprint density at radius 2 is 1.82 bits per heavy atom. The van der Waals surface area contributed by atoms with Gasteiger partial charge in [0.1, 0.15) is 11.5 Å². The maximum absolute atomic E-state index is 10.7. The van der Waals surface area contributed by atoms with Gasteiger partial charge >= 0.3 is 0 Å². The van der Waals surface area contributed by atoms with Crippen LogP contribution in [0.2, 0.25) is 5.02 Å². The predicted octanol–water partition coefficient (Wildman–Crippen LogP) is 5.89. The Labute approximate surface area is 182 Å². The van der Waals surface area contributed by atoms with Crippen LogP contribution in [0.4, 0.5) is 11.4 Å². The fraction of sp³-hybridized carbons (Fsp3) is 0.158. The molecule has 0 saturated carbocycles. The van der Waals surface area contributed by atoms with Gasteiger partial charge in [0.05, 0.1) is 22.2 Å². The van der Waals surface area contributed by atoms with E-state index in [-0.39, 0.29) is 18.1 Å². The highest BCUT2D eigenvalue weighted by Crippen LogP contribution is 2.26. The van der Waals surface area contributed by atoms with Crippen molar-refractivity contribution in [3.63, 3.8) is 0 Å². The van der Waals surface area contributed by atoms with Crippen molar-refractivity contribution in [2.24, 2.45) is 0 Å². The smallest absolute Gasteiger partial charge is 0.271 e. The summed E-state index contributed by atoms with van der Waals surface area (Å²) in [6.45, 7) is 1.91. The summed E-state index contributed by atoms with van der Waals surface area (Å²) >= 11 is 9.47. The van der Waals surface area contributed by atoms with Gasteiger partial charge in [-0.2, -0.15) is 0 Å². The molecule has 3 aromatic rings. The molecule has 1 aromatic heterocycles. The average molecular weight is 487 g/mol. The van der Waals surface area contributed by atoms with Crippen molar-refractivity contribution >= 4 is 51.3 Å². The van der Waals surface area contributed by atoms with Crippen LogP contribution in [0.25, 0.3) is 11.3 Å². The van der Waals surface area contributed by atoms with E-state index in [4.69, 9.17) is 16.0 Å². The Morgan fingerprint density at radius 1 is 1.07 bits per heavy atom. The number of nitro benzene ring substituents is 1. The molecule has 0 saturated heterocycles. The van der Waals surface area contributed by atoms with Crippen LogP contribution in [0.3, 0.4) is 0 Å². The van der Waals surface area contributed by atoms with Crippen molar-refractivity contribution in [2.75, 3.05) is 18.4 Å². The van der Waals surface area contributed by atoms with Gasteiger partial charge in [-0.15, -0.1) is 12.4 Å². The van der Waals surface area contributed by atoms with E-state index in [1.54, 1.807) is 6.07 Å². The lowest BCUT2D eigenvalue weighted by atomic mass is 10.2. The van der Waals surface area contributed by atoms with Crippen LogP contribution in [0.5, 0.6) is 0 Å². The first-order valence-electron chi connectivity index (χ1n) is 8.26. The van der Waals surface area contributed by atoms with Gasteiger partial charge < -0.3 is 15.1 Å². The zero-order valence-corrected chi connectivity index (χ0v) is 17.8. The molecule has 0 radical (unpaired) electrons. The molecule has 0 amide bonds. The number of anilines is 1. The molecule has 6 nitrogen and oxygen atoms in total. The standard InChI is InChI=1S/C19H17BrClN3O3.ClH/c20-14-3-1-13(2-4-14)19-8-6-16(27-19)12-22-9-10-23-18-7-5-15(24(25)26)11-17(18)21;/h1-8,11,22-23H,9-10,12H2;1H. The van der Waals surface area contributed by atoms with E-state index in [1.165, 1.54) is 12.1 Å². The van der Waals surface area contributed by atoms with Crippen molar-refractivity contribution < 1.29 is 9.34 Å². The molecule has 9 heteroatoms. The van der Waals surface area contributed by atoms with Crippen molar-refractivity contribution in [1.29, 1.82) is 0 Å². The minimum absolute atomic E-state index is 0. The zero-order valence-electron chi connectivity index (χ0n) is 14.7. The number of benzene rings is 2. The highest BCUT2D eigenvalue weighted by molar-refractivity contribution is 9.10. The second-order valence-corrected chi connectivity index (χ2v) is 7.12. The van der Waals surface area contributed by atoms with E-state index < -0.39 is 4.92 Å². The first kappa shape index (κ1) is 22.2. The van der Waals surface area contributed by atoms with E-state index in [2.05, 4.69) is 26.6 Å². The Bertz CT molecular complexity index is 932. The van der Waals surface area contributed by atoms with Crippen molar-refractivity contribution in [1.82, 2.24) is 5.32 Å². The highest BCUT2D eigenvalue weighted by Gasteiger charge is 2.09. The van der Waals surface area contributed by atoms with Crippen molar-refractivity contribution in [3.05, 3.63) is 80.0 Å². The average Bonchev–Trinajstić information content (AvgIpc) is 3.12. The Hall–Kier alpha value is -2.06. The molecule has 0 aliphatic carbocycles. The summed E-state index contributed by atoms with van der Waals surface area (Å²) in [4.78, 5) is 10.2. The van der Waals surface area contributed by atoms with Crippen LogP contribution >= 0.6 is 39.9 Å². The van der Waals surface area contributed by atoms with Gasteiger partial charge in [-0.1, -0.05) is 39.7 Å². The lowest BCUT2D eigenvalue weighted by Gasteiger charge is -2.08. The maximum atomic E-state index is 10.7. The van der Waals surface area contributed by atoms with Crippen LogP contribution in [0, 0.1) is 10.1 Å². The molecular weight excluding hydrogens is 469 g/mol. The Morgan fingerprint density at radius 3 is 2.50 bits per heavy atom. The van der Waals surface area contributed by atoms with Gasteiger partial charge in [-0.3, -0.25) is 10.1 Å². The maximum Gasteiger partial charge on any atom is 0.271 e. The molecule has 0 bridgehead atoms. The minimum atomic E-state index is -0.469. The third-order valence-corrected chi connectivity index (χ3v) is 4.71. The van der Waals surface area contributed by atoms with Gasteiger partial charge in [0.2, 0.25) is 0 Å². The molecule has 28 heavy (non-hydrogen) atoms. The zero-order chi connectivity index (χ0) is 19.2. The van der Waals surface area contributed by atoms with E-state index in [1.807, 2.05) is 36.4 Å². The minimum Gasteiger partial charge on any atom is -0.460 e. The fourth-order valence-corrected chi connectivity index (χ4v) is 3.01. The molecule has 3 rings (SSSR count). The number of hydrogen-bond donors (Lipinski definition) is 2. The monoisotopic (exact) mass is 485 g/mol. The van der Waals surface area contributed by atoms with Crippen LogP contribution in [0.15, 0.2) is 63.5 Å². The lowest BCUT2D eigenvalue weighted by molar-refractivity contribution is -0.384. The number of non-ortho nitro benzene ring substituents is 1. The van der Waals surface area contributed by atoms with Gasteiger partial charge in [-0.25, -0.2) is 0 Å². The molecule has 2 N–H and O–H groups in total. The number of nitrogens with zero attached hydrogens (tertiary/aromatic N) is 1. The number of rotatable bonds is 8. The Kier molecular flexibility index (Phi) is 8.32. The van der Waals surface area contributed by atoms with E-state index in [9.17, 15) is 10.1 Å². The summed E-state index contributed by atoms with van der Waals surface area (Å²) in [5.41, 5.74) is 1.67. The van der Waals surface area contributed by atoms with Gasteiger partial charge in [-0.05, 0) is 30.3 Å². The number of halogens is 3. The normalized spacial score (nSPS) is 10.4. The van der Waals surface area contributed by atoms with Crippen LogP contribution in [-0.4, -0.2) is 18.0 Å². The van der Waals surface area contributed by atoms with Gasteiger partial charge in [0.25, 0.3) is 5.69 Å². The second kappa shape index (κ2) is 10.5. The largest absolute Gasteiger partial charge is 0.460 e. The molecule has 0 fully saturated rings. The summed E-state index contributed by atoms with van der Waals surface area (Å²) in [6.07, 6.45) is 0.